The molecule has 0 aliphatic carbocycles. The molecular formula is C17H12BrF11INO. The van der Waals surface area contributed by atoms with Crippen LogP contribution in [0.3, 0.4) is 0 Å². The summed E-state index contributed by atoms with van der Waals surface area (Å²) in [7, 11) is 0. The van der Waals surface area contributed by atoms with Gasteiger partial charge in [0.1, 0.15) is 0 Å². The third-order valence-corrected chi connectivity index (χ3v) is 5.27. The Bertz CT molecular complexity index is 838. The third-order valence-electron chi connectivity index (χ3n) is 3.89. The van der Waals surface area contributed by atoms with Crippen LogP contribution in [0.1, 0.15) is 23.2 Å². The molecule has 1 amide bonds. The Labute approximate surface area is 195 Å². The van der Waals surface area contributed by atoms with E-state index >= 15 is 0 Å². The van der Waals surface area contributed by atoms with Gasteiger partial charge in [-0.25, -0.2) is 0 Å². The zero-order valence-electron chi connectivity index (χ0n) is 15.3. The smallest absolute Gasteiger partial charge is 0.352 e. The molecule has 32 heavy (non-hydrogen) atoms. The van der Waals surface area contributed by atoms with Crippen molar-refractivity contribution in [3.8, 4) is 0 Å². The van der Waals surface area contributed by atoms with Crippen LogP contribution in [-0.4, -0.2) is 42.3 Å². The summed E-state index contributed by atoms with van der Waals surface area (Å²) in [6, 6.07) is 6.01. The first-order chi connectivity index (χ1) is 14.3. The van der Waals surface area contributed by atoms with Crippen molar-refractivity contribution in [2.45, 2.75) is 42.7 Å². The van der Waals surface area contributed by atoms with Gasteiger partial charge in [0.05, 0.1) is 0 Å². The maximum atomic E-state index is 13.7. The number of benzene rings is 1. The van der Waals surface area contributed by atoms with Crippen LogP contribution in [0.4, 0.5) is 48.3 Å². The summed E-state index contributed by atoms with van der Waals surface area (Å²) in [6.07, 6.45) is -8.65. The van der Waals surface area contributed by atoms with E-state index in [1.807, 2.05) is 0 Å². The molecule has 2 nitrogen and oxygen atoms in total. The van der Waals surface area contributed by atoms with E-state index in [0.717, 1.165) is 22.6 Å². The van der Waals surface area contributed by atoms with E-state index < -0.39 is 51.9 Å². The van der Waals surface area contributed by atoms with Crippen molar-refractivity contribution in [3.63, 3.8) is 0 Å². The van der Waals surface area contributed by atoms with Crippen LogP contribution in [0.2, 0.25) is 0 Å². The van der Waals surface area contributed by atoms with E-state index in [1.54, 1.807) is 12.1 Å². The maximum Gasteiger partial charge on any atom is 0.460 e. The minimum Gasteiger partial charge on any atom is -0.352 e. The number of alkyl halides is 11. The van der Waals surface area contributed by atoms with Gasteiger partial charge in [-0.2, -0.15) is 48.3 Å². The van der Waals surface area contributed by atoms with Crippen LogP contribution in [0.5, 0.6) is 0 Å². The first kappa shape index (κ1) is 28.9. The van der Waals surface area contributed by atoms with E-state index in [1.165, 1.54) is 12.1 Å². The van der Waals surface area contributed by atoms with Gasteiger partial charge >= 0.3 is 29.9 Å². The molecule has 0 saturated heterocycles. The summed E-state index contributed by atoms with van der Waals surface area (Å²) in [5, 5.41) is 2.36. The number of halogens is 13. The Kier molecular flexibility index (Phi) is 9.04. The molecule has 0 saturated carbocycles. The highest BCUT2D eigenvalue weighted by Gasteiger charge is 2.86. The van der Waals surface area contributed by atoms with E-state index in [2.05, 4.69) is 21.2 Å². The monoisotopic (exact) mass is 661 g/mol. The molecule has 15 heteroatoms. The minimum absolute atomic E-state index is 0.159. The van der Waals surface area contributed by atoms with E-state index in [0.29, 0.717) is 4.47 Å². The highest BCUT2D eigenvalue weighted by molar-refractivity contribution is 14.1. The fourth-order valence-corrected chi connectivity index (χ4v) is 3.14. The molecule has 0 radical (unpaired) electrons. The molecule has 0 spiro atoms. The molecule has 0 atom stereocenters. The van der Waals surface area contributed by atoms with Crippen LogP contribution in [0.15, 0.2) is 38.4 Å². The average molecular weight is 662 g/mol. The van der Waals surface area contributed by atoms with Crippen LogP contribution in [-0.2, 0) is 0 Å². The van der Waals surface area contributed by atoms with E-state index in [4.69, 9.17) is 0 Å². The molecule has 0 unspecified atom stereocenters. The summed E-state index contributed by atoms with van der Waals surface area (Å²) < 4.78 is 143. The topological polar surface area (TPSA) is 29.1 Å². The van der Waals surface area contributed by atoms with Gasteiger partial charge in [0.2, 0.25) is 0 Å². The molecule has 0 fully saturated rings. The van der Waals surface area contributed by atoms with Crippen molar-refractivity contribution < 1.29 is 53.1 Å². The number of hydrogen-bond donors (Lipinski definition) is 1. The maximum absolute atomic E-state index is 13.7. The second-order valence-corrected chi connectivity index (χ2v) is 8.60. The first-order valence-electron chi connectivity index (χ1n) is 8.27. The lowest BCUT2D eigenvalue weighted by atomic mass is 9.97. The molecule has 182 valence electrons. The molecular weight excluding hydrogens is 650 g/mol. The second kappa shape index (κ2) is 10.0. The first-order valence-corrected chi connectivity index (χ1v) is 10.1. The molecule has 0 bridgehead atoms. The highest BCUT2D eigenvalue weighted by atomic mass is 127. The fourth-order valence-electron chi connectivity index (χ4n) is 2.11. The molecule has 1 N–H and O–H groups in total. The molecule has 0 aliphatic heterocycles. The SMILES string of the molecule is O=C(NCCCC(I)=CC(F)(F)C(F)(F)C(F)(F)C(F)(F)C(F)(F)F)c1ccc(Br)cc1. The van der Waals surface area contributed by atoms with Crippen molar-refractivity contribution in [2.75, 3.05) is 6.54 Å². The summed E-state index contributed by atoms with van der Waals surface area (Å²) in [5.74, 6) is -28.5. The van der Waals surface area contributed by atoms with Gasteiger partial charge in [0.25, 0.3) is 5.91 Å². The number of nitrogens with one attached hydrogen (secondary N) is 1. The van der Waals surface area contributed by atoms with Gasteiger partial charge in [-0.05, 0) is 63.3 Å². The predicted molar refractivity (Wildman–Crippen MR) is 104 cm³/mol. The van der Waals surface area contributed by atoms with Crippen LogP contribution in [0, 0.1) is 0 Å². The number of hydrogen-bond acceptors (Lipinski definition) is 1. The Morgan fingerprint density at radius 1 is 0.875 bits per heavy atom. The molecule has 0 aliphatic rings. The summed E-state index contributed by atoms with van der Waals surface area (Å²) in [6.45, 7) is -0.167. The standard InChI is InChI=1S/C17H12BrF11INO/c18-10-5-3-9(4-6-10)12(32)31-7-1-2-11(30)8-13(19,20)14(21,22)15(23,24)16(25,26)17(27,28)29/h3-6,8H,1-2,7H2,(H,31,32). The van der Waals surface area contributed by atoms with Gasteiger partial charge < -0.3 is 5.32 Å². The number of carbonyl (C=O) groups is 1. The molecule has 1 aromatic rings. The Balaban J connectivity index is 2.83. The van der Waals surface area contributed by atoms with E-state index in [-0.39, 0.29) is 18.5 Å². The lowest BCUT2D eigenvalue weighted by Gasteiger charge is -2.36. The summed E-state index contributed by atoms with van der Waals surface area (Å²) in [5.41, 5.74) is 0.234. The normalized spacial score (nSPS) is 14.5. The van der Waals surface area contributed by atoms with Crippen molar-refractivity contribution in [3.05, 3.63) is 44.0 Å². The Morgan fingerprint density at radius 3 is 1.84 bits per heavy atom. The van der Waals surface area contributed by atoms with Crippen molar-refractivity contribution in [2.24, 2.45) is 0 Å². The Hall–Kier alpha value is -1.13. The summed E-state index contributed by atoms with van der Waals surface area (Å²) >= 11 is 4.17. The van der Waals surface area contributed by atoms with Crippen LogP contribution >= 0.6 is 38.5 Å². The number of allylic oxidation sites excluding steroid dienone is 2. The lowest BCUT2D eigenvalue weighted by Crippen LogP contribution is -2.66. The third kappa shape index (κ3) is 6.05. The summed E-state index contributed by atoms with van der Waals surface area (Å²) in [4.78, 5) is 11.8. The zero-order valence-corrected chi connectivity index (χ0v) is 19.1. The Morgan fingerprint density at radius 2 is 1.38 bits per heavy atom. The zero-order chi connectivity index (χ0) is 25.2. The largest absolute Gasteiger partial charge is 0.460 e. The van der Waals surface area contributed by atoms with Crippen molar-refractivity contribution in [1.29, 1.82) is 0 Å². The molecule has 0 aromatic heterocycles. The molecule has 1 aromatic carbocycles. The van der Waals surface area contributed by atoms with Crippen molar-refractivity contribution in [1.82, 2.24) is 5.32 Å². The second-order valence-electron chi connectivity index (χ2n) is 6.30. The number of amides is 1. The van der Waals surface area contributed by atoms with Gasteiger partial charge in [0.15, 0.2) is 0 Å². The van der Waals surface area contributed by atoms with Gasteiger partial charge in [-0.15, -0.1) is 0 Å². The van der Waals surface area contributed by atoms with Crippen LogP contribution < -0.4 is 5.32 Å². The predicted octanol–water partition coefficient (Wildman–Crippen LogP) is 7.38. The molecule has 1 rings (SSSR count). The minimum atomic E-state index is -7.44. The fraction of sp³-hybridized carbons (Fsp3) is 0.471. The van der Waals surface area contributed by atoms with Gasteiger partial charge in [-0.3, -0.25) is 4.79 Å². The van der Waals surface area contributed by atoms with Crippen LogP contribution in [0.25, 0.3) is 0 Å². The number of rotatable bonds is 9. The molecule has 0 heterocycles. The van der Waals surface area contributed by atoms with Gasteiger partial charge in [0, 0.05) is 22.7 Å². The average Bonchev–Trinajstić information content (AvgIpc) is 2.63. The van der Waals surface area contributed by atoms with Gasteiger partial charge in [-0.1, -0.05) is 15.9 Å². The lowest BCUT2D eigenvalue weighted by molar-refractivity contribution is -0.416. The highest BCUT2D eigenvalue weighted by Crippen LogP contribution is 2.57. The van der Waals surface area contributed by atoms with E-state index in [9.17, 15) is 53.1 Å². The number of carbonyl (C=O) groups excluding carboxylic acids is 1. The quantitative estimate of drug-likeness (QED) is 0.167. The van der Waals surface area contributed by atoms with Crippen molar-refractivity contribution >= 4 is 44.4 Å².